The second-order valence-corrected chi connectivity index (χ2v) is 7.99. The lowest BCUT2D eigenvalue weighted by atomic mass is 9.95. The summed E-state index contributed by atoms with van der Waals surface area (Å²) >= 11 is 0. The molecule has 4 amide bonds. The highest BCUT2D eigenvalue weighted by atomic mass is 16.5. The highest BCUT2D eigenvalue weighted by molar-refractivity contribution is 6.08. The molecule has 1 saturated carbocycles. The molecule has 2 fully saturated rings. The summed E-state index contributed by atoms with van der Waals surface area (Å²) in [5, 5.41) is 13.9. The van der Waals surface area contributed by atoms with Gasteiger partial charge in [-0.2, -0.15) is 15.0 Å². The number of aromatic nitrogens is 3. The third-order valence-electron chi connectivity index (χ3n) is 6.16. The average Bonchev–Trinajstić information content (AvgIpc) is 3.51. The topological polar surface area (TPSA) is 118 Å². The van der Waals surface area contributed by atoms with Crippen LogP contribution in [-0.4, -0.2) is 51.4 Å². The maximum absolute atomic E-state index is 13.0. The molecule has 1 atom stereocenters. The molecule has 10 nitrogen and oxygen atoms in total. The number of benzene rings is 1. The van der Waals surface area contributed by atoms with Gasteiger partial charge in [0.25, 0.3) is 11.8 Å². The summed E-state index contributed by atoms with van der Waals surface area (Å²) in [4.78, 5) is 41.1. The third-order valence-corrected chi connectivity index (χ3v) is 6.16. The second kappa shape index (κ2) is 6.82. The molecule has 0 spiro atoms. The first-order chi connectivity index (χ1) is 14.5. The van der Waals surface area contributed by atoms with Gasteiger partial charge in [-0.1, -0.05) is 18.9 Å². The number of methoxy groups -OCH3 is 1. The second-order valence-electron chi connectivity index (χ2n) is 7.99. The molecule has 0 bridgehead atoms. The van der Waals surface area contributed by atoms with Crippen LogP contribution in [-0.2, 0) is 16.9 Å². The van der Waals surface area contributed by atoms with E-state index >= 15 is 0 Å². The van der Waals surface area contributed by atoms with E-state index in [-0.39, 0.29) is 18.5 Å². The van der Waals surface area contributed by atoms with Crippen molar-refractivity contribution in [2.24, 2.45) is 0 Å². The molecular weight excluding hydrogens is 388 g/mol. The molecule has 2 N–H and O–H groups in total. The Morgan fingerprint density at radius 3 is 2.73 bits per heavy atom. The van der Waals surface area contributed by atoms with Gasteiger partial charge in [-0.3, -0.25) is 14.9 Å². The van der Waals surface area contributed by atoms with Crippen molar-refractivity contribution in [1.82, 2.24) is 30.5 Å². The Balaban J connectivity index is 1.47. The summed E-state index contributed by atoms with van der Waals surface area (Å²) in [5.41, 5.74) is 0.230. The van der Waals surface area contributed by atoms with E-state index in [1.165, 1.54) is 6.20 Å². The molecule has 3 heterocycles. The first-order valence-electron chi connectivity index (χ1n) is 10.0. The quantitative estimate of drug-likeness (QED) is 0.713. The number of nitrogens with zero attached hydrogens (tertiary/aromatic N) is 4. The number of rotatable bonds is 5. The average molecular weight is 410 g/mol. The third kappa shape index (κ3) is 2.82. The molecule has 30 heavy (non-hydrogen) atoms. The number of fused-ring (bicyclic) bond motifs is 1. The van der Waals surface area contributed by atoms with Gasteiger partial charge in [0.2, 0.25) is 0 Å². The fourth-order valence-electron chi connectivity index (χ4n) is 4.53. The maximum Gasteiger partial charge on any atom is 0.322 e. The maximum atomic E-state index is 13.0. The van der Waals surface area contributed by atoms with Crippen molar-refractivity contribution in [2.45, 2.75) is 43.8 Å². The molecule has 1 aromatic heterocycles. The van der Waals surface area contributed by atoms with Crippen LogP contribution in [0.25, 0.3) is 0 Å². The van der Waals surface area contributed by atoms with Gasteiger partial charge in [0.15, 0.2) is 5.54 Å². The zero-order chi connectivity index (χ0) is 20.9. The lowest BCUT2D eigenvalue weighted by Gasteiger charge is -2.29. The Hall–Kier alpha value is -3.43. The number of imide groups is 1. The van der Waals surface area contributed by atoms with Gasteiger partial charge in [-0.15, -0.1) is 0 Å². The standard InChI is InChI=1S/C20H22N6O4/c1-30-14-7-6-12-10-25(17(27)15(12)8-14)11-20(18(28)22-19(29)23-20)16-9-21-26(24-16)13-4-2-3-5-13/h6-9,13H,2-5,10-11H2,1H3,(H2,22,23,28,29)/t20-/m0/s1. The summed E-state index contributed by atoms with van der Waals surface area (Å²) in [6.07, 6.45) is 5.73. The first kappa shape index (κ1) is 18.6. The molecule has 10 heteroatoms. The van der Waals surface area contributed by atoms with Crippen LogP contribution >= 0.6 is 0 Å². The molecule has 0 radical (unpaired) electrons. The number of hydrogen-bond donors (Lipinski definition) is 2. The predicted octanol–water partition coefficient (Wildman–Crippen LogP) is 1.09. The summed E-state index contributed by atoms with van der Waals surface area (Å²) in [6.45, 7) is 0.295. The van der Waals surface area contributed by atoms with Gasteiger partial charge >= 0.3 is 6.03 Å². The predicted molar refractivity (Wildman–Crippen MR) is 104 cm³/mol. The Bertz CT molecular complexity index is 1040. The summed E-state index contributed by atoms with van der Waals surface area (Å²) in [6, 6.07) is 4.90. The summed E-state index contributed by atoms with van der Waals surface area (Å²) < 4.78 is 5.22. The van der Waals surface area contributed by atoms with Crippen molar-refractivity contribution in [3.63, 3.8) is 0 Å². The normalized spacial score (nSPS) is 23.6. The minimum absolute atomic E-state index is 0.0379. The van der Waals surface area contributed by atoms with Crippen LogP contribution in [0.2, 0.25) is 0 Å². The van der Waals surface area contributed by atoms with E-state index in [4.69, 9.17) is 4.74 Å². The molecule has 5 rings (SSSR count). The van der Waals surface area contributed by atoms with Crippen molar-refractivity contribution >= 4 is 17.8 Å². The number of hydrogen-bond acceptors (Lipinski definition) is 6. The van der Waals surface area contributed by atoms with Crippen molar-refractivity contribution in [3.8, 4) is 5.75 Å². The number of amides is 4. The van der Waals surface area contributed by atoms with Gasteiger partial charge in [0, 0.05) is 12.1 Å². The van der Waals surface area contributed by atoms with Crippen molar-refractivity contribution in [3.05, 3.63) is 41.2 Å². The minimum Gasteiger partial charge on any atom is -0.497 e. The van der Waals surface area contributed by atoms with Crippen LogP contribution in [0.1, 0.15) is 53.3 Å². The number of nitrogens with one attached hydrogen (secondary N) is 2. The Kier molecular flexibility index (Phi) is 4.23. The van der Waals surface area contributed by atoms with Crippen molar-refractivity contribution < 1.29 is 19.1 Å². The zero-order valence-corrected chi connectivity index (χ0v) is 16.6. The molecule has 3 aliphatic rings. The van der Waals surface area contributed by atoms with Crippen molar-refractivity contribution in [2.75, 3.05) is 13.7 Å². The largest absolute Gasteiger partial charge is 0.497 e. The van der Waals surface area contributed by atoms with Crippen LogP contribution in [0, 0.1) is 0 Å². The molecular formula is C20H22N6O4. The van der Waals surface area contributed by atoms with Gasteiger partial charge in [0.1, 0.15) is 11.4 Å². The van der Waals surface area contributed by atoms with Crippen molar-refractivity contribution in [1.29, 1.82) is 0 Å². The summed E-state index contributed by atoms with van der Waals surface area (Å²) in [7, 11) is 1.54. The van der Waals surface area contributed by atoms with Gasteiger partial charge in [0.05, 0.1) is 25.9 Å². The van der Waals surface area contributed by atoms with E-state index in [0.717, 1.165) is 31.2 Å². The van der Waals surface area contributed by atoms with E-state index in [9.17, 15) is 14.4 Å². The lowest BCUT2D eigenvalue weighted by molar-refractivity contribution is -0.125. The molecule has 1 aromatic carbocycles. The lowest BCUT2D eigenvalue weighted by Crippen LogP contribution is -2.53. The smallest absolute Gasteiger partial charge is 0.322 e. The number of urea groups is 1. The highest BCUT2D eigenvalue weighted by Crippen LogP contribution is 2.33. The Morgan fingerprint density at radius 2 is 2.03 bits per heavy atom. The van der Waals surface area contributed by atoms with Crippen LogP contribution < -0.4 is 15.4 Å². The number of carbonyl (C=O) groups is 3. The van der Waals surface area contributed by atoms with Gasteiger partial charge in [-0.05, 0) is 30.5 Å². The number of ether oxygens (including phenoxy) is 1. The van der Waals surface area contributed by atoms with Gasteiger partial charge in [-0.25, -0.2) is 4.79 Å². The minimum atomic E-state index is -1.48. The van der Waals surface area contributed by atoms with E-state index in [1.807, 2.05) is 6.07 Å². The Morgan fingerprint density at radius 1 is 1.23 bits per heavy atom. The first-order valence-corrected chi connectivity index (χ1v) is 10.0. The van der Waals surface area contributed by atoms with Crippen LogP contribution in [0.5, 0.6) is 5.75 Å². The molecule has 0 unspecified atom stereocenters. The van der Waals surface area contributed by atoms with Crippen LogP contribution in [0.3, 0.4) is 0 Å². The zero-order valence-electron chi connectivity index (χ0n) is 16.6. The monoisotopic (exact) mass is 410 g/mol. The van der Waals surface area contributed by atoms with E-state index in [0.29, 0.717) is 23.6 Å². The van der Waals surface area contributed by atoms with E-state index < -0.39 is 17.5 Å². The molecule has 2 aliphatic heterocycles. The highest BCUT2D eigenvalue weighted by Gasteiger charge is 2.52. The van der Waals surface area contributed by atoms with Gasteiger partial charge < -0.3 is 15.0 Å². The summed E-state index contributed by atoms with van der Waals surface area (Å²) in [5.74, 6) is -0.169. The van der Waals surface area contributed by atoms with Crippen LogP contribution in [0.15, 0.2) is 24.4 Å². The Labute approximate surface area is 172 Å². The molecule has 156 valence electrons. The molecule has 1 saturated heterocycles. The number of carbonyl (C=O) groups excluding carboxylic acids is 3. The molecule has 2 aromatic rings. The SMILES string of the molecule is COc1ccc2c(c1)C(=O)N(C[C@@]1(c3cnn(C4CCCC4)n3)NC(=O)NC1=O)C2. The fraction of sp³-hybridized carbons (Fsp3) is 0.450. The van der Waals surface area contributed by atoms with E-state index in [1.54, 1.807) is 28.9 Å². The van der Waals surface area contributed by atoms with E-state index in [2.05, 4.69) is 20.8 Å². The fourth-order valence-corrected chi connectivity index (χ4v) is 4.53. The molecule has 1 aliphatic carbocycles. The van der Waals surface area contributed by atoms with Crippen LogP contribution in [0.4, 0.5) is 4.79 Å².